The van der Waals surface area contributed by atoms with Gasteiger partial charge in [0.1, 0.15) is 10.6 Å². The van der Waals surface area contributed by atoms with E-state index in [0.717, 1.165) is 25.7 Å². The van der Waals surface area contributed by atoms with Gasteiger partial charge in [0, 0.05) is 25.2 Å². The highest BCUT2D eigenvalue weighted by Crippen LogP contribution is 2.32. The predicted molar refractivity (Wildman–Crippen MR) is 101 cm³/mol. The van der Waals surface area contributed by atoms with Crippen LogP contribution in [-0.2, 0) is 14.8 Å². The number of carbonyl (C=O) groups is 1. The smallest absolute Gasteiger partial charge is 0.246 e. The molecule has 1 amide bonds. The third-order valence-corrected chi connectivity index (χ3v) is 7.08. The monoisotopic (exact) mass is 380 g/mol. The van der Waals surface area contributed by atoms with Gasteiger partial charge in [0.05, 0.1) is 6.61 Å². The molecule has 144 valence electrons. The van der Waals surface area contributed by atoms with E-state index in [9.17, 15) is 13.2 Å². The fraction of sp³-hybridized carbons (Fsp3) is 0.632. The molecule has 1 aliphatic carbocycles. The van der Waals surface area contributed by atoms with Gasteiger partial charge in [0.25, 0.3) is 0 Å². The van der Waals surface area contributed by atoms with Crippen molar-refractivity contribution in [2.24, 2.45) is 5.92 Å². The highest BCUT2D eigenvalue weighted by atomic mass is 32.2. The molecular formula is C19H28N2O4S. The number of hydrogen-bond donors (Lipinski definition) is 1. The van der Waals surface area contributed by atoms with Crippen molar-refractivity contribution in [2.75, 3.05) is 25.0 Å². The van der Waals surface area contributed by atoms with Crippen molar-refractivity contribution in [3.63, 3.8) is 0 Å². The summed E-state index contributed by atoms with van der Waals surface area (Å²) < 4.78 is 33.0. The number of benzene rings is 1. The van der Waals surface area contributed by atoms with E-state index in [-0.39, 0.29) is 10.8 Å². The Morgan fingerprint density at radius 2 is 1.88 bits per heavy atom. The van der Waals surface area contributed by atoms with Crippen LogP contribution in [0.4, 0.5) is 5.69 Å². The van der Waals surface area contributed by atoms with E-state index in [1.165, 1.54) is 23.2 Å². The summed E-state index contributed by atoms with van der Waals surface area (Å²) in [5.74, 6) is 0.740. The van der Waals surface area contributed by atoms with Crippen LogP contribution in [0.15, 0.2) is 23.1 Å². The minimum atomic E-state index is -3.62. The maximum absolute atomic E-state index is 13.0. The Bertz CT molecular complexity index is 736. The molecule has 26 heavy (non-hydrogen) atoms. The van der Waals surface area contributed by atoms with E-state index in [4.69, 9.17) is 4.74 Å². The van der Waals surface area contributed by atoms with Crippen LogP contribution in [0.3, 0.4) is 0 Å². The lowest BCUT2D eigenvalue weighted by molar-refractivity contribution is -0.117. The predicted octanol–water partition coefficient (Wildman–Crippen LogP) is 3.39. The van der Waals surface area contributed by atoms with Crippen LogP contribution in [0.25, 0.3) is 0 Å². The van der Waals surface area contributed by atoms with E-state index in [2.05, 4.69) is 5.32 Å². The van der Waals surface area contributed by atoms with E-state index >= 15 is 0 Å². The molecule has 0 spiro atoms. The van der Waals surface area contributed by atoms with Gasteiger partial charge in [-0.15, -0.1) is 0 Å². The quantitative estimate of drug-likeness (QED) is 0.787. The molecule has 1 saturated carbocycles. The van der Waals surface area contributed by atoms with E-state index in [0.29, 0.717) is 43.5 Å². The first-order valence-electron chi connectivity index (χ1n) is 9.57. The largest absolute Gasteiger partial charge is 0.492 e. The van der Waals surface area contributed by atoms with E-state index in [1.54, 1.807) is 12.1 Å². The molecule has 6 nitrogen and oxygen atoms in total. The second kappa shape index (κ2) is 8.39. The Labute approximate surface area is 156 Å². The fourth-order valence-corrected chi connectivity index (χ4v) is 5.49. The molecule has 2 aliphatic rings. The molecule has 1 heterocycles. The summed E-state index contributed by atoms with van der Waals surface area (Å²) in [6.07, 6.45) is 6.85. The maximum Gasteiger partial charge on any atom is 0.246 e. The molecule has 1 aliphatic heterocycles. The van der Waals surface area contributed by atoms with Gasteiger partial charge in [-0.3, -0.25) is 4.79 Å². The molecule has 2 fully saturated rings. The maximum atomic E-state index is 13.0. The zero-order valence-corrected chi connectivity index (χ0v) is 16.2. The normalized spacial score (nSPS) is 19.0. The summed E-state index contributed by atoms with van der Waals surface area (Å²) in [6, 6.07) is 4.88. The van der Waals surface area contributed by atoms with Crippen molar-refractivity contribution in [1.29, 1.82) is 0 Å². The highest BCUT2D eigenvalue weighted by Gasteiger charge is 2.30. The average Bonchev–Trinajstić information content (AvgIpc) is 3.30. The molecule has 1 saturated heterocycles. The van der Waals surface area contributed by atoms with Crippen LogP contribution in [-0.4, -0.2) is 38.3 Å². The molecule has 0 aromatic heterocycles. The molecule has 3 rings (SSSR count). The summed E-state index contributed by atoms with van der Waals surface area (Å²) in [5, 5.41) is 2.86. The number of anilines is 1. The number of rotatable bonds is 7. The molecular weight excluding hydrogens is 352 g/mol. The minimum absolute atomic E-state index is 0.0504. The first-order valence-corrected chi connectivity index (χ1v) is 11.0. The van der Waals surface area contributed by atoms with Crippen molar-refractivity contribution in [2.45, 2.75) is 56.8 Å². The first kappa shape index (κ1) is 19.2. The van der Waals surface area contributed by atoms with Crippen molar-refractivity contribution >= 4 is 21.6 Å². The minimum Gasteiger partial charge on any atom is -0.492 e. The number of amides is 1. The Kier molecular flexibility index (Phi) is 6.19. The van der Waals surface area contributed by atoms with Gasteiger partial charge in [-0.2, -0.15) is 4.31 Å². The fourth-order valence-electron chi connectivity index (χ4n) is 3.82. The number of carbonyl (C=O) groups excluding carboxylic acids is 1. The van der Waals surface area contributed by atoms with Crippen LogP contribution < -0.4 is 10.1 Å². The highest BCUT2D eigenvalue weighted by molar-refractivity contribution is 7.89. The van der Waals surface area contributed by atoms with Crippen molar-refractivity contribution < 1.29 is 17.9 Å². The second-order valence-electron chi connectivity index (χ2n) is 7.11. The van der Waals surface area contributed by atoms with Gasteiger partial charge in [-0.1, -0.05) is 12.8 Å². The summed E-state index contributed by atoms with van der Waals surface area (Å²) in [4.78, 5) is 12.4. The summed E-state index contributed by atoms with van der Waals surface area (Å²) in [5.41, 5.74) is 0.509. The molecule has 0 radical (unpaired) electrons. The number of ether oxygens (including phenoxy) is 1. The molecule has 0 unspecified atom stereocenters. The van der Waals surface area contributed by atoms with Crippen molar-refractivity contribution in [1.82, 2.24) is 4.31 Å². The van der Waals surface area contributed by atoms with Crippen LogP contribution in [0.2, 0.25) is 0 Å². The van der Waals surface area contributed by atoms with Crippen LogP contribution >= 0.6 is 0 Å². The SMILES string of the molecule is CCOc1ccc(NC(=O)CC2CCCC2)cc1S(=O)(=O)N1CCCC1. The second-order valence-corrected chi connectivity index (χ2v) is 9.01. The van der Waals surface area contributed by atoms with Gasteiger partial charge in [0.2, 0.25) is 15.9 Å². The third-order valence-electron chi connectivity index (χ3n) is 5.16. The average molecular weight is 381 g/mol. The van der Waals surface area contributed by atoms with Gasteiger partial charge in [0.15, 0.2) is 0 Å². The first-order chi connectivity index (χ1) is 12.5. The molecule has 0 bridgehead atoms. The lowest BCUT2D eigenvalue weighted by Gasteiger charge is -2.19. The van der Waals surface area contributed by atoms with Gasteiger partial charge >= 0.3 is 0 Å². The molecule has 7 heteroatoms. The van der Waals surface area contributed by atoms with Gasteiger partial charge in [-0.25, -0.2) is 8.42 Å². The number of nitrogens with one attached hydrogen (secondary N) is 1. The summed E-state index contributed by atoms with van der Waals surface area (Å²) in [7, 11) is -3.62. The molecule has 1 N–H and O–H groups in total. The van der Waals surface area contributed by atoms with Crippen molar-refractivity contribution in [3.05, 3.63) is 18.2 Å². The number of nitrogens with zero attached hydrogens (tertiary/aromatic N) is 1. The van der Waals surface area contributed by atoms with Crippen LogP contribution in [0, 0.1) is 5.92 Å². The van der Waals surface area contributed by atoms with E-state index in [1.807, 2.05) is 6.92 Å². The van der Waals surface area contributed by atoms with Crippen LogP contribution in [0.1, 0.15) is 51.9 Å². The molecule has 1 aromatic carbocycles. The summed E-state index contributed by atoms with van der Waals surface area (Å²) >= 11 is 0. The zero-order valence-electron chi connectivity index (χ0n) is 15.4. The van der Waals surface area contributed by atoms with E-state index < -0.39 is 10.0 Å². The van der Waals surface area contributed by atoms with Gasteiger partial charge in [-0.05, 0) is 56.7 Å². The number of sulfonamides is 1. The topological polar surface area (TPSA) is 75.7 Å². The Morgan fingerprint density at radius 1 is 1.19 bits per heavy atom. The van der Waals surface area contributed by atoms with Crippen LogP contribution in [0.5, 0.6) is 5.75 Å². The Morgan fingerprint density at radius 3 is 2.54 bits per heavy atom. The Hall–Kier alpha value is -1.60. The van der Waals surface area contributed by atoms with Gasteiger partial charge < -0.3 is 10.1 Å². The molecule has 0 atom stereocenters. The number of hydrogen-bond acceptors (Lipinski definition) is 4. The lowest BCUT2D eigenvalue weighted by atomic mass is 10.0. The summed E-state index contributed by atoms with van der Waals surface area (Å²) in [6.45, 7) is 3.28. The standard InChI is InChI=1S/C19H28N2O4S/c1-2-25-17-10-9-16(20-19(22)13-15-7-3-4-8-15)14-18(17)26(23,24)21-11-5-6-12-21/h9-10,14-15H,2-8,11-13H2,1H3,(H,20,22). The van der Waals surface area contributed by atoms with Crippen molar-refractivity contribution in [3.8, 4) is 5.75 Å². The Balaban J connectivity index is 1.80. The zero-order chi connectivity index (χ0) is 18.6. The molecule has 1 aromatic rings. The third kappa shape index (κ3) is 4.38. The lowest BCUT2D eigenvalue weighted by Crippen LogP contribution is -2.28.